The van der Waals surface area contributed by atoms with Gasteiger partial charge in [-0.1, -0.05) is 0 Å². The van der Waals surface area contributed by atoms with E-state index in [0.29, 0.717) is 18.7 Å². The first-order valence-corrected chi connectivity index (χ1v) is 5.64. The van der Waals surface area contributed by atoms with Crippen LogP contribution < -0.4 is 0 Å². The Kier molecular flexibility index (Phi) is 3.91. The van der Waals surface area contributed by atoms with Gasteiger partial charge in [0.1, 0.15) is 0 Å². The van der Waals surface area contributed by atoms with Crippen molar-refractivity contribution in [2.45, 2.75) is 13.0 Å². The van der Waals surface area contributed by atoms with Crippen LogP contribution in [0.1, 0.15) is 12.0 Å². The smallest absolute Gasteiger partial charge is 0.187 e. The molecular weight excluding hydrogens is 228 g/mol. The number of hydrogen-bond donors (Lipinski definition) is 1. The van der Waals surface area contributed by atoms with E-state index in [2.05, 4.69) is 4.90 Å². The largest absolute Gasteiger partial charge is 0.503 e. The monoisotopic (exact) mass is 243 g/mol. The zero-order valence-electron chi connectivity index (χ0n) is 9.46. The zero-order valence-corrected chi connectivity index (χ0v) is 9.46. The maximum atomic E-state index is 13.1. The van der Waals surface area contributed by atoms with Gasteiger partial charge in [0, 0.05) is 26.2 Å². The van der Waals surface area contributed by atoms with Crippen LogP contribution in [0, 0.1) is 11.6 Å². The third-order valence-corrected chi connectivity index (χ3v) is 2.80. The topological polar surface area (TPSA) is 32.7 Å². The van der Waals surface area contributed by atoms with Gasteiger partial charge >= 0.3 is 0 Å². The van der Waals surface area contributed by atoms with Gasteiger partial charge in [-0.25, -0.2) is 8.78 Å². The summed E-state index contributed by atoms with van der Waals surface area (Å²) in [6.45, 7) is 3.45. The molecule has 0 aliphatic carbocycles. The molecule has 1 heterocycles. The van der Waals surface area contributed by atoms with Crippen LogP contribution in [0.4, 0.5) is 8.78 Å². The average molecular weight is 243 g/mol. The van der Waals surface area contributed by atoms with E-state index >= 15 is 0 Å². The molecule has 0 unspecified atom stereocenters. The first-order valence-electron chi connectivity index (χ1n) is 5.64. The normalized spacial score (nSPS) is 18.0. The lowest BCUT2D eigenvalue weighted by Crippen LogP contribution is -2.25. The standard InChI is InChI=1S/C12H15F2NO2/c13-10-6-9(7-11(14)12(10)16)8-15-2-1-4-17-5-3-15/h6-7,16H,1-5,8H2. The minimum atomic E-state index is -0.911. The van der Waals surface area contributed by atoms with Crippen molar-refractivity contribution in [1.82, 2.24) is 4.90 Å². The van der Waals surface area contributed by atoms with Crippen LogP contribution in [0.2, 0.25) is 0 Å². The van der Waals surface area contributed by atoms with Gasteiger partial charge in [-0.3, -0.25) is 4.90 Å². The van der Waals surface area contributed by atoms with Crippen LogP contribution >= 0.6 is 0 Å². The molecule has 1 aliphatic heterocycles. The highest BCUT2D eigenvalue weighted by atomic mass is 19.1. The first kappa shape index (κ1) is 12.3. The van der Waals surface area contributed by atoms with Gasteiger partial charge in [-0.15, -0.1) is 0 Å². The Morgan fingerprint density at radius 3 is 2.59 bits per heavy atom. The molecule has 1 aliphatic rings. The zero-order chi connectivity index (χ0) is 12.3. The van der Waals surface area contributed by atoms with Crippen molar-refractivity contribution in [1.29, 1.82) is 0 Å². The maximum Gasteiger partial charge on any atom is 0.187 e. The number of ether oxygens (including phenoxy) is 1. The number of phenols is 1. The number of benzene rings is 1. The predicted molar refractivity (Wildman–Crippen MR) is 58.7 cm³/mol. The molecular formula is C12H15F2NO2. The molecule has 0 aromatic heterocycles. The summed E-state index contributed by atoms with van der Waals surface area (Å²) in [4.78, 5) is 2.08. The van der Waals surface area contributed by atoms with Crippen LogP contribution in [0.3, 0.4) is 0 Å². The number of rotatable bonds is 2. The van der Waals surface area contributed by atoms with E-state index < -0.39 is 17.4 Å². The fourth-order valence-corrected chi connectivity index (χ4v) is 1.92. The molecule has 1 saturated heterocycles. The van der Waals surface area contributed by atoms with Gasteiger partial charge < -0.3 is 9.84 Å². The molecule has 3 nitrogen and oxygen atoms in total. The lowest BCUT2D eigenvalue weighted by atomic mass is 10.2. The molecule has 0 bridgehead atoms. The summed E-state index contributed by atoms with van der Waals surface area (Å²) in [7, 11) is 0. The van der Waals surface area contributed by atoms with E-state index in [4.69, 9.17) is 9.84 Å². The van der Waals surface area contributed by atoms with Gasteiger partial charge in [0.15, 0.2) is 17.4 Å². The molecule has 0 atom stereocenters. The minimum Gasteiger partial charge on any atom is -0.503 e. The van der Waals surface area contributed by atoms with Crippen molar-refractivity contribution in [2.24, 2.45) is 0 Å². The van der Waals surface area contributed by atoms with Gasteiger partial charge in [-0.2, -0.15) is 0 Å². The average Bonchev–Trinajstić information content (AvgIpc) is 2.54. The predicted octanol–water partition coefficient (Wildman–Crippen LogP) is 1.89. The molecule has 94 valence electrons. The SMILES string of the molecule is Oc1c(F)cc(CN2CCCOCC2)cc1F. The second-order valence-corrected chi connectivity index (χ2v) is 4.15. The van der Waals surface area contributed by atoms with E-state index in [-0.39, 0.29) is 0 Å². The summed E-state index contributed by atoms with van der Waals surface area (Å²) in [5.74, 6) is -2.73. The Morgan fingerprint density at radius 2 is 1.88 bits per heavy atom. The molecule has 0 amide bonds. The molecule has 0 radical (unpaired) electrons. The maximum absolute atomic E-state index is 13.1. The molecule has 1 N–H and O–H groups in total. The number of phenolic OH excluding ortho intramolecular Hbond substituents is 1. The summed E-state index contributed by atoms with van der Waals surface area (Å²) in [5, 5.41) is 9.00. The van der Waals surface area contributed by atoms with Crippen LogP contribution in [0.5, 0.6) is 5.75 Å². The Hall–Kier alpha value is -1.20. The number of halogens is 2. The van der Waals surface area contributed by atoms with Gasteiger partial charge in [0.2, 0.25) is 0 Å². The summed E-state index contributed by atoms with van der Waals surface area (Å²) in [6.07, 6.45) is 0.920. The Balaban J connectivity index is 2.07. The van der Waals surface area contributed by atoms with Gasteiger partial charge in [0.25, 0.3) is 0 Å². The molecule has 0 saturated carbocycles. The summed E-state index contributed by atoms with van der Waals surface area (Å²) in [5.41, 5.74) is 0.528. The third-order valence-electron chi connectivity index (χ3n) is 2.80. The lowest BCUT2D eigenvalue weighted by molar-refractivity contribution is 0.140. The Bertz CT molecular complexity index is 367. The second kappa shape index (κ2) is 5.42. The highest BCUT2D eigenvalue weighted by Gasteiger charge is 2.13. The van der Waals surface area contributed by atoms with E-state index in [0.717, 1.165) is 26.1 Å². The van der Waals surface area contributed by atoms with Crippen molar-refractivity contribution >= 4 is 0 Å². The van der Waals surface area contributed by atoms with Crippen molar-refractivity contribution in [2.75, 3.05) is 26.3 Å². The Morgan fingerprint density at radius 1 is 1.18 bits per heavy atom. The number of nitrogens with zero attached hydrogens (tertiary/aromatic N) is 1. The molecule has 1 aromatic rings. The lowest BCUT2D eigenvalue weighted by Gasteiger charge is -2.19. The molecule has 2 rings (SSSR count). The fraction of sp³-hybridized carbons (Fsp3) is 0.500. The first-order chi connectivity index (χ1) is 8.16. The van der Waals surface area contributed by atoms with Crippen LogP contribution in [0.25, 0.3) is 0 Å². The van der Waals surface area contributed by atoms with Crippen LogP contribution in [-0.4, -0.2) is 36.3 Å². The van der Waals surface area contributed by atoms with Crippen molar-refractivity contribution in [3.8, 4) is 5.75 Å². The summed E-state index contributed by atoms with van der Waals surface area (Å²) >= 11 is 0. The van der Waals surface area contributed by atoms with Crippen molar-refractivity contribution in [3.05, 3.63) is 29.3 Å². The number of hydrogen-bond acceptors (Lipinski definition) is 3. The summed E-state index contributed by atoms with van der Waals surface area (Å²) < 4.78 is 31.6. The highest BCUT2D eigenvalue weighted by Crippen LogP contribution is 2.22. The van der Waals surface area contributed by atoms with E-state index in [1.807, 2.05) is 0 Å². The highest BCUT2D eigenvalue weighted by molar-refractivity contribution is 5.29. The molecule has 1 aromatic carbocycles. The minimum absolute atomic E-state index is 0.470. The third kappa shape index (κ3) is 3.14. The second-order valence-electron chi connectivity index (χ2n) is 4.15. The van der Waals surface area contributed by atoms with E-state index in [1.54, 1.807) is 0 Å². The quantitative estimate of drug-likeness (QED) is 0.861. The Labute approximate surface area is 98.6 Å². The molecule has 5 heteroatoms. The summed E-state index contributed by atoms with van der Waals surface area (Å²) in [6, 6.07) is 2.34. The van der Waals surface area contributed by atoms with Gasteiger partial charge in [0.05, 0.1) is 6.61 Å². The van der Waals surface area contributed by atoms with Crippen molar-refractivity contribution < 1.29 is 18.6 Å². The van der Waals surface area contributed by atoms with Gasteiger partial charge in [-0.05, 0) is 24.1 Å². The van der Waals surface area contributed by atoms with E-state index in [9.17, 15) is 8.78 Å². The van der Waals surface area contributed by atoms with Crippen LogP contribution in [0.15, 0.2) is 12.1 Å². The fourth-order valence-electron chi connectivity index (χ4n) is 1.92. The number of aromatic hydroxyl groups is 1. The van der Waals surface area contributed by atoms with Crippen molar-refractivity contribution in [3.63, 3.8) is 0 Å². The van der Waals surface area contributed by atoms with E-state index in [1.165, 1.54) is 12.1 Å². The van der Waals surface area contributed by atoms with Crippen LogP contribution in [-0.2, 0) is 11.3 Å². The molecule has 17 heavy (non-hydrogen) atoms. The molecule has 0 spiro atoms. The molecule has 1 fully saturated rings.